The Morgan fingerprint density at radius 3 is 2.60 bits per heavy atom. The molecule has 0 saturated heterocycles. The maximum atomic E-state index is 5.72. The lowest BCUT2D eigenvalue weighted by Gasteiger charge is -2.24. The maximum Gasteiger partial charge on any atom is 0.0512 e. The van der Waals surface area contributed by atoms with E-state index in [2.05, 4.69) is 40.7 Å². The molecule has 0 aliphatic rings. The monoisotopic (exact) mass is 270 g/mol. The van der Waals surface area contributed by atoms with Crippen LogP contribution < -0.4 is 10.6 Å². The number of halogens is 1. The van der Waals surface area contributed by atoms with Gasteiger partial charge in [-0.2, -0.15) is 0 Å². The third-order valence-corrected chi connectivity index (χ3v) is 3.11. The van der Waals surface area contributed by atoms with Gasteiger partial charge in [0.05, 0.1) is 5.69 Å². The largest absolute Gasteiger partial charge is 0.399 e. The van der Waals surface area contributed by atoms with Crippen molar-refractivity contribution >= 4 is 27.3 Å². The summed E-state index contributed by atoms with van der Waals surface area (Å²) in [7, 11) is 0. The maximum absolute atomic E-state index is 5.72. The van der Waals surface area contributed by atoms with E-state index >= 15 is 0 Å². The van der Waals surface area contributed by atoms with Crippen LogP contribution in [0.5, 0.6) is 0 Å². The second-order valence-electron chi connectivity index (χ2n) is 3.64. The van der Waals surface area contributed by atoms with E-state index in [0.717, 1.165) is 23.2 Å². The third kappa shape index (κ3) is 3.42. The summed E-state index contributed by atoms with van der Waals surface area (Å²) in [4.78, 5) is 2.37. The molecule has 84 valence electrons. The normalized spacial score (nSPS) is 10.3. The van der Waals surface area contributed by atoms with Crippen molar-refractivity contribution in [1.82, 2.24) is 0 Å². The van der Waals surface area contributed by atoms with Crippen LogP contribution in [0, 0.1) is 0 Å². The molecule has 1 aromatic carbocycles. The second kappa shape index (κ2) is 6.01. The van der Waals surface area contributed by atoms with Crippen LogP contribution in [0.2, 0.25) is 0 Å². The molecule has 0 bridgehead atoms. The summed E-state index contributed by atoms with van der Waals surface area (Å²) in [5, 5.41) is 0. The number of nitrogen functional groups attached to an aromatic ring is 1. The smallest absolute Gasteiger partial charge is 0.0512 e. The van der Waals surface area contributed by atoms with Crippen molar-refractivity contribution in [3.63, 3.8) is 0 Å². The first kappa shape index (κ1) is 12.4. The first-order valence-electron chi connectivity index (χ1n) is 5.49. The first-order chi connectivity index (χ1) is 7.19. The topological polar surface area (TPSA) is 29.3 Å². The molecule has 0 radical (unpaired) electrons. The van der Waals surface area contributed by atoms with Crippen molar-refractivity contribution in [2.75, 3.05) is 23.7 Å². The van der Waals surface area contributed by atoms with E-state index in [-0.39, 0.29) is 0 Å². The SMILES string of the molecule is CCCCN(CC)c1ccc(N)cc1Br. The van der Waals surface area contributed by atoms with E-state index < -0.39 is 0 Å². The Morgan fingerprint density at radius 2 is 2.07 bits per heavy atom. The highest BCUT2D eigenvalue weighted by atomic mass is 79.9. The van der Waals surface area contributed by atoms with E-state index in [0.29, 0.717) is 0 Å². The highest BCUT2D eigenvalue weighted by Gasteiger charge is 2.07. The molecule has 1 rings (SSSR count). The Morgan fingerprint density at radius 1 is 1.33 bits per heavy atom. The Hall–Kier alpha value is -0.700. The number of benzene rings is 1. The standard InChI is InChI=1S/C12H19BrN2/c1-3-5-8-15(4-2)12-7-6-10(14)9-11(12)13/h6-7,9H,3-5,8,14H2,1-2H3. The van der Waals surface area contributed by atoms with Crippen LogP contribution in [0.1, 0.15) is 26.7 Å². The van der Waals surface area contributed by atoms with Gasteiger partial charge in [0.25, 0.3) is 0 Å². The number of unbranched alkanes of at least 4 members (excludes halogenated alkanes) is 1. The molecule has 0 aliphatic heterocycles. The average molecular weight is 271 g/mol. The fraction of sp³-hybridized carbons (Fsp3) is 0.500. The molecule has 0 amide bonds. The minimum atomic E-state index is 0.803. The highest BCUT2D eigenvalue weighted by molar-refractivity contribution is 9.10. The number of nitrogens with two attached hydrogens (primary N) is 1. The molecular formula is C12H19BrN2. The zero-order valence-corrected chi connectivity index (χ0v) is 11.0. The van der Waals surface area contributed by atoms with Gasteiger partial charge in [0.2, 0.25) is 0 Å². The van der Waals surface area contributed by atoms with Crippen molar-refractivity contribution in [3.05, 3.63) is 22.7 Å². The third-order valence-electron chi connectivity index (χ3n) is 2.48. The molecule has 2 nitrogen and oxygen atoms in total. The molecule has 0 aliphatic carbocycles. The van der Waals surface area contributed by atoms with Crippen LogP contribution in [-0.2, 0) is 0 Å². The fourth-order valence-corrected chi connectivity index (χ4v) is 2.22. The average Bonchev–Trinajstić information content (AvgIpc) is 2.21. The molecule has 15 heavy (non-hydrogen) atoms. The highest BCUT2D eigenvalue weighted by Crippen LogP contribution is 2.28. The van der Waals surface area contributed by atoms with Gasteiger partial charge in [-0.15, -0.1) is 0 Å². The van der Waals surface area contributed by atoms with Gasteiger partial charge in [0, 0.05) is 23.2 Å². The van der Waals surface area contributed by atoms with Crippen molar-refractivity contribution in [2.24, 2.45) is 0 Å². The molecule has 0 spiro atoms. The van der Waals surface area contributed by atoms with Gasteiger partial charge >= 0.3 is 0 Å². The van der Waals surface area contributed by atoms with E-state index in [1.54, 1.807) is 0 Å². The van der Waals surface area contributed by atoms with Gasteiger partial charge in [0.1, 0.15) is 0 Å². The van der Waals surface area contributed by atoms with Crippen molar-refractivity contribution in [2.45, 2.75) is 26.7 Å². The van der Waals surface area contributed by atoms with Crippen LogP contribution in [0.15, 0.2) is 22.7 Å². The Balaban J connectivity index is 2.81. The predicted molar refractivity (Wildman–Crippen MR) is 71.3 cm³/mol. The van der Waals surface area contributed by atoms with Crippen LogP contribution in [-0.4, -0.2) is 13.1 Å². The summed E-state index contributed by atoms with van der Waals surface area (Å²) in [6, 6.07) is 6.00. The Kier molecular flexibility index (Phi) is 4.95. The van der Waals surface area contributed by atoms with Crippen LogP contribution in [0.4, 0.5) is 11.4 Å². The van der Waals surface area contributed by atoms with Crippen LogP contribution in [0.25, 0.3) is 0 Å². The Bertz CT molecular complexity index is 312. The summed E-state index contributed by atoms with van der Waals surface area (Å²) >= 11 is 3.56. The van der Waals surface area contributed by atoms with Crippen molar-refractivity contribution in [1.29, 1.82) is 0 Å². The first-order valence-corrected chi connectivity index (χ1v) is 6.28. The Labute approximate surface area is 101 Å². The summed E-state index contributed by atoms with van der Waals surface area (Å²) in [5.74, 6) is 0. The lowest BCUT2D eigenvalue weighted by atomic mass is 10.2. The van der Waals surface area contributed by atoms with Gasteiger partial charge in [-0.05, 0) is 47.5 Å². The molecule has 0 unspecified atom stereocenters. The van der Waals surface area contributed by atoms with E-state index in [1.165, 1.54) is 18.5 Å². The van der Waals surface area contributed by atoms with Crippen molar-refractivity contribution in [3.8, 4) is 0 Å². The summed E-state index contributed by atoms with van der Waals surface area (Å²) in [6.45, 7) is 6.53. The van der Waals surface area contributed by atoms with Gasteiger partial charge in [-0.3, -0.25) is 0 Å². The molecule has 1 aromatic rings. The number of nitrogens with zero attached hydrogens (tertiary/aromatic N) is 1. The molecule has 0 aromatic heterocycles. The van der Waals surface area contributed by atoms with Gasteiger partial charge in [0.15, 0.2) is 0 Å². The zero-order valence-electron chi connectivity index (χ0n) is 9.46. The molecule has 0 heterocycles. The van der Waals surface area contributed by atoms with Gasteiger partial charge in [-0.25, -0.2) is 0 Å². The quantitative estimate of drug-likeness (QED) is 0.828. The molecule has 3 heteroatoms. The summed E-state index contributed by atoms with van der Waals surface area (Å²) in [6.07, 6.45) is 2.45. The number of hydrogen-bond donors (Lipinski definition) is 1. The summed E-state index contributed by atoms with van der Waals surface area (Å²) < 4.78 is 1.08. The lowest BCUT2D eigenvalue weighted by Crippen LogP contribution is -2.24. The number of anilines is 2. The van der Waals surface area contributed by atoms with Gasteiger partial charge in [-0.1, -0.05) is 13.3 Å². The zero-order chi connectivity index (χ0) is 11.3. The molecular weight excluding hydrogens is 252 g/mol. The lowest BCUT2D eigenvalue weighted by molar-refractivity contribution is 0.731. The number of hydrogen-bond acceptors (Lipinski definition) is 2. The minimum Gasteiger partial charge on any atom is -0.399 e. The molecule has 0 saturated carbocycles. The van der Waals surface area contributed by atoms with E-state index in [9.17, 15) is 0 Å². The van der Waals surface area contributed by atoms with Gasteiger partial charge < -0.3 is 10.6 Å². The second-order valence-corrected chi connectivity index (χ2v) is 4.50. The van der Waals surface area contributed by atoms with Crippen LogP contribution in [0.3, 0.4) is 0 Å². The molecule has 2 N–H and O–H groups in total. The minimum absolute atomic E-state index is 0.803. The van der Waals surface area contributed by atoms with E-state index in [1.807, 2.05) is 12.1 Å². The summed E-state index contributed by atoms with van der Waals surface area (Å²) in [5.41, 5.74) is 7.76. The molecule has 0 fully saturated rings. The predicted octanol–water partition coefficient (Wildman–Crippen LogP) is 3.66. The van der Waals surface area contributed by atoms with Crippen molar-refractivity contribution < 1.29 is 0 Å². The van der Waals surface area contributed by atoms with Crippen LogP contribution >= 0.6 is 15.9 Å². The van der Waals surface area contributed by atoms with E-state index in [4.69, 9.17) is 5.73 Å². The fourth-order valence-electron chi connectivity index (χ4n) is 1.58. The molecule has 0 atom stereocenters. The number of rotatable bonds is 5.